The molecule has 2 unspecified atom stereocenters. The highest BCUT2D eigenvalue weighted by molar-refractivity contribution is 4.85. The zero-order chi connectivity index (χ0) is 13.0. The fourth-order valence-corrected chi connectivity index (χ4v) is 3.23. The van der Waals surface area contributed by atoms with E-state index in [1.54, 1.807) is 0 Å². The first kappa shape index (κ1) is 14.3. The topological polar surface area (TPSA) is 35.7 Å². The van der Waals surface area contributed by atoms with E-state index >= 15 is 0 Å². The van der Waals surface area contributed by atoms with Crippen LogP contribution in [0.4, 0.5) is 0 Å². The van der Waals surface area contributed by atoms with E-state index in [0.29, 0.717) is 6.04 Å². The third kappa shape index (κ3) is 4.19. The summed E-state index contributed by atoms with van der Waals surface area (Å²) in [6.07, 6.45) is 5.15. The van der Waals surface area contributed by atoms with E-state index in [1.165, 1.54) is 65.0 Å². The summed E-state index contributed by atoms with van der Waals surface area (Å²) in [5.41, 5.74) is 6.10. The Balaban J connectivity index is 1.69. The van der Waals surface area contributed by atoms with Gasteiger partial charge in [-0.3, -0.25) is 9.80 Å². The summed E-state index contributed by atoms with van der Waals surface area (Å²) in [6.45, 7) is 7.34. The van der Waals surface area contributed by atoms with Crippen molar-refractivity contribution in [2.24, 2.45) is 5.73 Å². The first-order chi connectivity index (χ1) is 8.65. The SMILES string of the molecule is CN(C)CCN1CCN(C2CCCC(N)C2)CC1. The Hall–Kier alpha value is -0.160. The predicted molar refractivity (Wildman–Crippen MR) is 76.8 cm³/mol. The van der Waals surface area contributed by atoms with Gasteiger partial charge in [0.05, 0.1) is 0 Å². The molecule has 1 saturated carbocycles. The minimum Gasteiger partial charge on any atom is -0.328 e. The lowest BCUT2D eigenvalue weighted by Crippen LogP contribution is -2.53. The van der Waals surface area contributed by atoms with Crippen LogP contribution < -0.4 is 5.73 Å². The molecule has 2 N–H and O–H groups in total. The molecule has 1 aliphatic carbocycles. The van der Waals surface area contributed by atoms with Gasteiger partial charge in [-0.1, -0.05) is 6.42 Å². The fraction of sp³-hybridized carbons (Fsp3) is 1.00. The Morgan fingerprint density at radius 3 is 2.44 bits per heavy atom. The number of likely N-dealkylation sites (N-methyl/N-ethyl adjacent to an activating group) is 1. The van der Waals surface area contributed by atoms with Crippen LogP contribution in [0.25, 0.3) is 0 Å². The molecule has 1 saturated heterocycles. The van der Waals surface area contributed by atoms with Gasteiger partial charge in [0.15, 0.2) is 0 Å². The van der Waals surface area contributed by atoms with E-state index in [1.807, 2.05) is 0 Å². The second kappa shape index (κ2) is 6.85. The third-order valence-electron chi connectivity index (χ3n) is 4.47. The van der Waals surface area contributed by atoms with Crippen LogP contribution in [0.3, 0.4) is 0 Å². The molecule has 1 aliphatic heterocycles. The Morgan fingerprint density at radius 2 is 1.83 bits per heavy atom. The van der Waals surface area contributed by atoms with Crippen molar-refractivity contribution in [2.45, 2.75) is 37.8 Å². The Labute approximate surface area is 112 Å². The molecule has 0 amide bonds. The standard InChI is InChI=1S/C14H30N4/c1-16(2)6-7-17-8-10-18(11-9-17)14-5-3-4-13(15)12-14/h13-14H,3-12,15H2,1-2H3. The van der Waals surface area contributed by atoms with Crippen molar-refractivity contribution in [3.63, 3.8) is 0 Å². The number of nitrogens with zero attached hydrogens (tertiary/aromatic N) is 3. The van der Waals surface area contributed by atoms with Gasteiger partial charge in [-0.15, -0.1) is 0 Å². The molecule has 2 rings (SSSR count). The normalized spacial score (nSPS) is 32.0. The summed E-state index contributed by atoms with van der Waals surface area (Å²) in [4.78, 5) is 7.55. The van der Waals surface area contributed by atoms with E-state index in [-0.39, 0.29) is 0 Å². The Bertz CT molecular complexity index is 236. The van der Waals surface area contributed by atoms with Crippen LogP contribution in [0, 0.1) is 0 Å². The van der Waals surface area contributed by atoms with Crippen LogP contribution >= 0.6 is 0 Å². The van der Waals surface area contributed by atoms with Gasteiger partial charge >= 0.3 is 0 Å². The molecule has 2 atom stereocenters. The molecule has 2 aliphatic rings. The van der Waals surface area contributed by atoms with Crippen LogP contribution in [0.2, 0.25) is 0 Å². The van der Waals surface area contributed by atoms with Gasteiger partial charge in [0.25, 0.3) is 0 Å². The number of rotatable bonds is 4. The molecular weight excluding hydrogens is 224 g/mol. The average molecular weight is 254 g/mol. The monoisotopic (exact) mass is 254 g/mol. The van der Waals surface area contributed by atoms with E-state index in [4.69, 9.17) is 5.73 Å². The molecule has 18 heavy (non-hydrogen) atoms. The van der Waals surface area contributed by atoms with E-state index in [0.717, 1.165) is 6.04 Å². The quantitative estimate of drug-likeness (QED) is 0.789. The maximum Gasteiger partial charge on any atom is 0.0113 e. The second-order valence-electron chi connectivity index (χ2n) is 6.26. The summed E-state index contributed by atoms with van der Waals surface area (Å²) >= 11 is 0. The van der Waals surface area contributed by atoms with E-state index in [9.17, 15) is 0 Å². The zero-order valence-electron chi connectivity index (χ0n) is 12.1. The van der Waals surface area contributed by atoms with Crippen molar-refractivity contribution in [1.29, 1.82) is 0 Å². The first-order valence-corrected chi connectivity index (χ1v) is 7.52. The van der Waals surface area contributed by atoms with Gasteiger partial charge in [-0.05, 0) is 33.4 Å². The number of hydrogen-bond donors (Lipinski definition) is 1. The van der Waals surface area contributed by atoms with Gasteiger partial charge in [0.2, 0.25) is 0 Å². The summed E-state index contributed by atoms with van der Waals surface area (Å²) < 4.78 is 0. The van der Waals surface area contributed by atoms with Crippen molar-refractivity contribution in [1.82, 2.24) is 14.7 Å². The summed E-state index contributed by atoms with van der Waals surface area (Å²) in [5.74, 6) is 0. The molecule has 1 heterocycles. The zero-order valence-corrected chi connectivity index (χ0v) is 12.1. The predicted octanol–water partition coefficient (Wildman–Crippen LogP) is 0.436. The van der Waals surface area contributed by atoms with E-state index in [2.05, 4.69) is 28.8 Å². The van der Waals surface area contributed by atoms with Crippen LogP contribution in [0.15, 0.2) is 0 Å². The second-order valence-corrected chi connectivity index (χ2v) is 6.26. The summed E-state index contributed by atoms with van der Waals surface area (Å²) in [6, 6.07) is 1.22. The third-order valence-corrected chi connectivity index (χ3v) is 4.47. The van der Waals surface area contributed by atoms with Crippen LogP contribution in [0.5, 0.6) is 0 Å². The van der Waals surface area contributed by atoms with Crippen LogP contribution in [0.1, 0.15) is 25.7 Å². The lowest BCUT2D eigenvalue weighted by molar-refractivity contribution is 0.0723. The molecule has 4 nitrogen and oxygen atoms in total. The molecule has 2 fully saturated rings. The molecule has 0 aromatic rings. The molecule has 0 spiro atoms. The van der Waals surface area contributed by atoms with Crippen molar-refractivity contribution >= 4 is 0 Å². The molecule has 0 radical (unpaired) electrons. The summed E-state index contributed by atoms with van der Waals surface area (Å²) in [5, 5.41) is 0. The lowest BCUT2D eigenvalue weighted by atomic mass is 9.90. The maximum atomic E-state index is 6.10. The molecule has 0 aromatic heterocycles. The highest BCUT2D eigenvalue weighted by Gasteiger charge is 2.27. The molecule has 0 bridgehead atoms. The van der Waals surface area contributed by atoms with Crippen molar-refractivity contribution < 1.29 is 0 Å². The van der Waals surface area contributed by atoms with Crippen molar-refractivity contribution in [3.05, 3.63) is 0 Å². The molecule has 106 valence electrons. The van der Waals surface area contributed by atoms with Crippen LogP contribution in [-0.2, 0) is 0 Å². The lowest BCUT2D eigenvalue weighted by Gasteiger charge is -2.42. The highest BCUT2D eigenvalue weighted by atomic mass is 15.3. The van der Waals surface area contributed by atoms with Gasteiger partial charge in [-0.2, -0.15) is 0 Å². The van der Waals surface area contributed by atoms with Gasteiger partial charge in [-0.25, -0.2) is 0 Å². The van der Waals surface area contributed by atoms with Gasteiger partial charge in [0.1, 0.15) is 0 Å². The maximum absolute atomic E-state index is 6.10. The van der Waals surface area contributed by atoms with E-state index < -0.39 is 0 Å². The molecule has 4 heteroatoms. The number of piperazine rings is 1. The smallest absolute Gasteiger partial charge is 0.0113 e. The number of nitrogens with two attached hydrogens (primary N) is 1. The molecule has 0 aromatic carbocycles. The minimum atomic E-state index is 0.454. The van der Waals surface area contributed by atoms with Crippen LogP contribution in [-0.4, -0.2) is 80.1 Å². The highest BCUT2D eigenvalue weighted by Crippen LogP contribution is 2.22. The Kier molecular flexibility index (Phi) is 5.42. The number of hydrogen-bond acceptors (Lipinski definition) is 4. The summed E-state index contributed by atoms with van der Waals surface area (Å²) in [7, 11) is 4.30. The molecular formula is C14H30N4. The van der Waals surface area contributed by atoms with Gasteiger partial charge < -0.3 is 10.6 Å². The Morgan fingerprint density at radius 1 is 1.11 bits per heavy atom. The minimum absolute atomic E-state index is 0.454. The van der Waals surface area contributed by atoms with Crippen molar-refractivity contribution in [3.8, 4) is 0 Å². The fourth-order valence-electron chi connectivity index (χ4n) is 3.23. The first-order valence-electron chi connectivity index (χ1n) is 7.52. The average Bonchev–Trinajstić information content (AvgIpc) is 2.37. The van der Waals surface area contributed by atoms with Gasteiger partial charge in [0, 0.05) is 51.4 Å². The van der Waals surface area contributed by atoms with Crippen molar-refractivity contribution in [2.75, 3.05) is 53.4 Å². The largest absolute Gasteiger partial charge is 0.328 e.